The second kappa shape index (κ2) is 6.20. The molecule has 0 saturated carbocycles. The number of aryl methyl sites for hydroxylation is 1. The Morgan fingerprint density at radius 2 is 1.78 bits per heavy atom. The topological polar surface area (TPSA) is 32.3 Å². The number of rotatable bonds is 5. The number of nitrogens with one attached hydrogen (secondary N) is 1. The van der Waals surface area contributed by atoms with Gasteiger partial charge in [0, 0.05) is 12.6 Å². The molecular weight excluding hydrogens is 243 g/mol. The maximum Gasteiger partial charge on any atom is 0.390 e. The monoisotopic (exact) mass is 261 g/mol. The van der Waals surface area contributed by atoms with E-state index >= 15 is 0 Å². The van der Waals surface area contributed by atoms with Gasteiger partial charge in [0.1, 0.15) is 0 Å². The van der Waals surface area contributed by atoms with Crippen molar-refractivity contribution in [1.29, 1.82) is 0 Å². The summed E-state index contributed by atoms with van der Waals surface area (Å²) in [4.78, 5) is 0. The van der Waals surface area contributed by atoms with Gasteiger partial charge in [0.15, 0.2) is 0 Å². The predicted octanol–water partition coefficient (Wildman–Crippen LogP) is 2.96. The van der Waals surface area contributed by atoms with Crippen molar-refractivity contribution < 1.29 is 18.3 Å². The SMILES string of the molecule is Cc1ccc(C(O)CNC(C)CC(F)(F)F)cc1. The molecule has 0 aliphatic heterocycles. The van der Waals surface area contributed by atoms with Gasteiger partial charge in [-0.15, -0.1) is 0 Å². The van der Waals surface area contributed by atoms with Crippen molar-refractivity contribution in [3.8, 4) is 0 Å². The smallest absolute Gasteiger partial charge is 0.387 e. The van der Waals surface area contributed by atoms with Gasteiger partial charge in [-0.2, -0.15) is 13.2 Å². The minimum absolute atomic E-state index is 0.111. The van der Waals surface area contributed by atoms with Crippen molar-refractivity contribution in [2.45, 2.75) is 38.6 Å². The summed E-state index contributed by atoms with van der Waals surface area (Å²) >= 11 is 0. The minimum atomic E-state index is -4.18. The van der Waals surface area contributed by atoms with Crippen LogP contribution in [0.3, 0.4) is 0 Å². The van der Waals surface area contributed by atoms with Crippen LogP contribution >= 0.6 is 0 Å². The van der Waals surface area contributed by atoms with E-state index < -0.39 is 24.7 Å². The average molecular weight is 261 g/mol. The van der Waals surface area contributed by atoms with Crippen molar-refractivity contribution >= 4 is 0 Å². The van der Waals surface area contributed by atoms with Crippen molar-refractivity contribution in [1.82, 2.24) is 5.32 Å². The zero-order chi connectivity index (χ0) is 13.8. The summed E-state index contributed by atoms with van der Waals surface area (Å²) in [6, 6.07) is 6.56. The molecule has 0 aliphatic rings. The van der Waals surface area contributed by atoms with Crippen LogP contribution in [0.2, 0.25) is 0 Å². The normalized spacial score (nSPS) is 15.4. The Labute approximate surface area is 105 Å². The molecule has 0 bridgehead atoms. The molecule has 1 rings (SSSR count). The molecule has 2 unspecified atom stereocenters. The number of halogens is 3. The molecule has 2 atom stereocenters. The lowest BCUT2D eigenvalue weighted by molar-refractivity contribution is -0.139. The van der Waals surface area contributed by atoms with E-state index in [1.54, 1.807) is 12.1 Å². The highest BCUT2D eigenvalue weighted by Gasteiger charge is 2.29. The molecule has 2 N–H and O–H groups in total. The molecule has 0 amide bonds. The maximum absolute atomic E-state index is 12.1. The predicted molar refractivity (Wildman–Crippen MR) is 64.3 cm³/mol. The Morgan fingerprint density at radius 3 is 2.28 bits per heavy atom. The molecule has 18 heavy (non-hydrogen) atoms. The van der Waals surface area contributed by atoms with Gasteiger partial charge in [-0.25, -0.2) is 0 Å². The van der Waals surface area contributed by atoms with Gasteiger partial charge in [-0.1, -0.05) is 29.8 Å². The third-order valence-corrected chi connectivity index (χ3v) is 2.66. The average Bonchev–Trinajstić information content (AvgIpc) is 2.24. The molecule has 0 radical (unpaired) electrons. The molecule has 0 spiro atoms. The first-order valence-electron chi connectivity index (χ1n) is 5.82. The first kappa shape index (κ1) is 15.0. The van der Waals surface area contributed by atoms with Crippen LogP contribution in [-0.4, -0.2) is 23.9 Å². The Bertz CT molecular complexity index is 361. The summed E-state index contributed by atoms with van der Waals surface area (Å²) in [5.41, 5.74) is 1.77. The molecule has 1 aromatic carbocycles. The standard InChI is InChI=1S/C13H18F3NO/c1-9-3-5-11(6-4-9)12(18)8-17-10(2)7-13(14,15)16/h3-6,10,12,17-18H,7-8H2,1-2H3. The van der Waals surface area contributed by atoms with Crippen LogP contribution in [0.25, 0.3) is 0 Å². The fourth-order valence-electron chi connectivity index (χ4n) is 1.64. The van der Waals surface area contributed by atoms with E-state index in [0.29, 0.717) is 5.56 Å². The first-order valence-corrected chi connectivity index (χ1v) is 5.82. The van der Waals surface area contributed by atoms with Crippen LogP contribution in [0.5, 0.6) is 0 Å². The summed E-state index contributed by atoms with van der Waals surface area (Å²) in [7, 11) is 0. The molecule has 102 valence electrons. The van der Waals surface area contributed by atoms with Crippen LogP contribution in [-0.2, 0) is 0 Å². The van der Waals surface area contributed by atoms with Crippen molar-refractivity contribution in [2.75, 3.05) is 6.54 Å². The van der Waals surface area contributed by atoms with Gasteiger partial charge in [0.05, 0.1) is 12.5 Å². The van der Waals surface area contributed by atoms with Crippen LogP contribution in [0, 0.1) is 6.92 Å². The highest BCUT2D eigenvalue weighted by Crippen LogP contribution is 2.21. The number of hydrogen-bond donors (Lipinski definition) is 2. The van der Waals surface area contributed by atoms with Gasteiger partial charge < -0.3 is 10.4 Å². The van der Waals surface area contributed by atoms with Crippen molar-refractivity contribution in [2.24, 2.45) is 0 Å². The maximum atomic E-state index is 12.1. The number of benzene rings is 1. The summed E-state index contributed by atoms with van der Waals surface area (Å²) in [6.07, 6.45) is -5.87. The van der Waals surface area contributed by atoms with Crippen LogP contribution in [0.4, 0.5) is 13.2 Å². The molecule has 1 aromatic rings. The molecule has 0 saturated heterocycles. The Morgan fingerprint density at radius 1 is 1.22 bits per heavy atom. The van der Waals surface area contributed by atoms with Gasteiger partial charge in [0.25, 0.3) is 0 Å². The zero-order valence-electron chi connectivity index (χ0n) is 10.5. The van der Waals surface area contributed by atoms with Gasteiger partial charge >= 0.3 is 6.18 Å². The Kier molecular flexibility index (Phi) is 5.16. The molecule has 0 heterocycles. The number of hydrogen-bond acceptors (Lipinski definition) is 2. The molecule has 0 fully saturated rings. The summed E-state index contributed by atoms with van der Waals surface area (Å²) in [5, 5.41) is 12.5. The molecule has 0 aliphatic carbocycles. The van der Waals surface area contributed by atoms with Crippen LogP contribution in [0.15, 0.2) is 24.3 Å². The van der Waals surface area contributed by atoms with Crippen molar-refractivity contribution in [3.63, 3.8) is 0 Å². The van der Waals surface area contributed by atoms with E-state index in [0.717, 1.165) is 5.56 Å². The summed E-state index contributed by atoms with van der Waals surface area (Å²) in [6.45, 7) is 3.50. The molecule has 0 aromatic heterocycles. The highest BCUT2D eigenvalue weighted by molar-refractivity contribution is 5.23. The number of alkyl halides is 3. The van der Waals surface area contributed by atoms with E-state index in [1.165, 1.54) is 6.92 Å². The van der Waals surface area contributed by atoms with Crippen molar-refractivity contribution in [3.05, 3.63) is 35.4 Å². The Balaban J connectivity index is 2.41. The lowest BCUT2D eigenvalue weighted by atomic mass is 10.1. The zero-order valence-corrected chi connectivity index (χ0v) is 10.5. The Hall–Kier alpha value is -1.07. The molecule has 5 heteroatoms. The second-order valence-electron chi connectivity index (χ2n) is 4.56. The third-order valence-electron chi connectivity index (χ3n) is 2.66. The lowest BCUT2D eigenvalue weighted by Gasteiger charge is -2.18. The van der Waals surface area contributed by atoms with E-state index in [-0.39, 0.29) is 6.54 Å². The quantitative estimate of drug-likeness (QED) is 0.854. The van der Waals surface area contributed by atoms with E-state index in [4.69, 9.17) is 0 Å². The second-order valence-corrected chi connectivity index (χ2v) is 4.56. The fourth-order valence-corrected chi connectivity index (χ4v) is 1.64. The third kappa shape index (κ3) is 5.51. The number of aliphatic hydroxyl groups excluding tert-OH is 1. The van der Waals surface area contributed by atoms with Crippen LogP contribution < -0.4 is 5.32 Å². The van der Waals surface area contributed by atoms with Crippen LogP contribution in [0.1, 0.15) is 30.6 Å². The summed E-state index contributed by atoms with van der Waals surface area (Å²) in [5.74, 6) is 0. The fraction of sp³-hybridized carbons (Fsp3) is 0.538. The molecular formula is C13H18F3NO. The van der Waals surface area contributed by atoms with Gasteiger partial charge in [0.2, 0.25) is 0 Å². The highest BCUT2D eigenvalue weighted by atomic mass is 19.4. The van der Waals surface area contributed by atoms with E-state index in [1.807, 2.05) is 19.1 Å². The lowest BCUT2D eigenvalue weighted by Crippen LogP contribution is -2.34. The minimum Gasteiger partial charge on any atom is -0.387 e. The molecule has 2 nitrogen and oxygen atoms in total. The summed E-state index contributed by atoms with van der Waals surface area (Å²) < 4.78 is 36.3. The van der Waals surface area contributed by atoms with E-state index in [2.05, 4.69) is 5.32 Å². The van der Waals surface area contributed by atoms with Gasteiger partial charge in [-0.05, 0) is 19.4 Å². The number of aliphatic hydroxyl groups is 1. The largest absolute Gasteiger partial charge is 0.390 e. The first-order chi connectivity index (χ1) is 8.28. The van der Waals surface area contributed by atoms with E-state index in [9.17, 15) is 18.3 Å². The van der Waals surface area contributed by atoms with Gasteiger partial charge in [-0.3, -0.25) is 0 Å².